The second kappa shape index (κ2) is 4.81. The Balaban J connectivity index is 3.56. The van der Waals surface area contributed by atoms with Crippen LogP contribution in [-0.4, -0.2) is 4.92 Å². The molecule has 3 nitrogen and oxygen atoms in total. The molecular formula is C10H11Cl2NO2. The van der Waals surface area contributed by atoms with Gasteiger partial charge in [0.05, 0.1) is 10.8 Å². The highest BCUT2D eigenvalue weighted by atomic mass is 35.5. The summed E-state index contributed by atoms with van der Waals surface area (Å²) in [5, 5.41) is 10.9. The topological polar surface area (TPSA) is 43.1 Å². The van der Waals surface area contributed by atoms with Gasteiger partial charge in [0.15, 0.2) is 0 Å². The molecule has 0 spiro atoms. The molecule has 0 atom stereocenters. The average molecular weight is 248 g/mol. The van der Waals surface area contributed by atoms with E-state index in [0.29, 0.717) is 11.1 Å². The second-order valence-electron chi connectivity index (χ2n) is 3.33. The van der Waals surface area contributed by atoms with E-state index >= 15 is 0 Å². The Morgan fingerprint density at radius 2 is 1.93 bits per heavy atom. The van der Waals surface area contributed by atoms with Crippen molar-refractivity contribution in [2.45, 2.75) is 25.6 Å². The van der Waals surface area contributed by atoms with Crippen molar-refractivity contribution in [1.82, 2.24) is 0 Å². The van der Waals surface area contributed by atoms with Crippen molar-refractivity contribution >= 4 is 28.9 Å². The van der Waals surface area contributed by atoms with Gasteiger partial charge in [0.1, 0.15) is 0 Å². The summed E-state index contributed by atoms with van der Waals surface area (Å²) < 4.78 is 0. The predicted molar refractivity (Wildman–Crippen MR) is 61.7 cm³/mol. The number of alkyl halides is 2. The number of halogens is 2. The van der Waals surface area contributed by atoms with Gasteiger partial charge >= 0.3 is 0 Å². The lowest BCUT2D eigenvalue weighted by atomic mass is 9.99. The third-order valence-corrected chi connectivity index (χ3v) is 3.03. The lowest BCUT2D eigenvalue weighted by molar-refractivity contribution is -0.386. The molecule has 0 N–H and O–H groups in total. The third kappa shape index (κ3) is 2.24. The molecule has 0 saturated heterocycles. The Labute approximate surface area is 98.2 Å². The van der Waals surface area contributed by atoms with Crippen LogP contribution < -0.4 is 0 Å². The molecular weight excluding hydrogens is 237 g/mol. The van der Waals surface area contributed by atoms with Crippen molar-refractivity contribution in [3.05, 3.63) is 38.4 Å². The Kier molecular flexibility index (Phi) is 3.94. The largest absolute Gasteiger partial charge is 0.277 e. The highest BCUT2D eigenvalue weighted by Gasteiger charge is 2.21. The lowest BCUT2D eigenvalue weighted by Crippen LogP contribution is -2.02. The number of benzene rings is 1. The zero-order valence-electron chi connectivity index (χ0n) is 8.51. The molecule has 0 saturated carbocycles. The molecule has 82 valence electrons. The van der Waals surface area contributed by atoms with Gasteiger partial charge in [-0.3, -0.25) is 10.1 Å². The van der Waals surface area contributed by atoms with Gasteiger partial charge in [-0.25, -0.2) is 0 Å². The molecule has 0 aliphatic carbocycles. The van der Waals surface area contributed by atoms with E-state index in [1.165, 1.54) is 0 Å². The van der Waals surface area contributed by atoms with E-state index in [-0.39, 0.29) is 17.4 Å². The summed E-state index contributed by atoms with van der Waals surface area (Å²) >= 11 is 11.5. The molecule has 0 aliphatic rings. The zero-order valence-corrected chi connectivity index (χ0v) is 10.0. The Bertz CT molecular complexity index is 405. The van der Waals surface area contributed by atoms with Gasteiger partial charge in [-0.2, -0.15) is 0 Å². The standard InChI is InChI=1S/C10H11Cl2NO2/c1-6-3-8(4-11)9(5-12)10(7(6)2)13(14)15/h3H,4-5H2,1-2H3. The number of aryl methyl sites for hydroxylation is 1. The van der Waals surface area contributed by atoms with Gasteiger partial charge in [-0.1, -0.05) is 6.07 Å². The van der Waals surface area contributed by atoms with Crippen molar-refractivity contribution < 1.29 is 4.92 Å². The minimum atomic E-state index is -0.393. The number of hydrogen-bond acceptors (Lipinski definition) is 2. The predicted octanol–water partition coefficient (Wildman–Crippen LogP) is 3.69. The molecule has 0 aromatic heterocycles. The quantitative estimate of drug-likeness (QED) is 0.465. The Morgan fingerprint density at radius 3 is 2.33 bits per heavy atom. The van der Waals surface area contributed by atoms with Crippen LogP contribution in [0.4, 0.5) is 5.69 Å². The van der Waals surface area contributed by atoms with Crippen molar-refractivity contribution in [1.29, 1.82) is 0 Å². The summed E-state index contributed by atoms with van der Waals surface area (Å²) in [6.07, 6.45) is 0. The minimum Gasteiger partial charge on any atom is -0.258 e. The molecule has 0 aliphatic heterocycles. The van der Waals surface area contributed by atoms with Crippen LogP contribution in [0.3, 0.4) is 0 Å². The van der Waals surface area contributed by atoms with Crippen LogP contribution in [0.15, 0.2) is 6.07 Å². The van der Waals surface area contributed by atoms with Crippen LogP contribution in [0.5, 0.6) is 0 Å². The molecule has 0 bridgehead atoms. The second-order valence-corrected chi connectivity index (χ2v) is 3.86. The van der Waals surface area contributed by atoms with Crippen LogP contribution in [0.25, 0.3) is 0 Å². The van der Waals surface area contributed by atoms with Gasteiger partial charge in [0.2, 0.25) is 0 Å². The van der Waals surface area contributed by atoms with Crippen LogP contribution in [0.2, 0.25) is 0 Å². The lowest BCUT2D eigenvalue weighted by Gasteiger charge is -2.10. The van der Waals surface area contributed by atoms with E-state index in [1.807, 2.05) is 13.0 Å². The van der Waals surface area contributed by atoms with E-state index < -0.39 is 4.92 Å². The first-order chi connectivity index (χ1) is 7.02. The Hall–Kier alpha value is -0.800. The molecule has 1 aromatic carbocycles. The van der Waals surface area contributed by atoms with Gasteiger partial charge < -0.3 is 0 Å². The molecule has 1 aromatic rings. The maximum atomic E-state index is 10.9. The summed E-state index contributed by atoms with van der Waals surface area (Å²) in [7, 11) is 0. The number of nitro groups is 1. The first kappa shape index (κ1) is 12.3. The minimum absolute atomic E-state index is 0.0978. The van der Waals surface area contributed by atoms with Crippen LogP contribution in [0, 0.1) is 24.0 Å². The summed E-state index contributed by atoms with van der Waals surface area (Å²) in [6.45, 7) is 3.55. The number of hydrogen-bond donors (Lipinski definition) is 0. The highest BCUT2D eigenvalue weighted by molar-refractivity contribution is 6.19. The number of nitro benzene ring substituents is 1. The normalized spacial score (nSPS) is 10.4. The summed E-state index contributed by atoms with van der Waals surface area (Å²) in [5.41, 5.74) is 2.89. The van der Waals surface area contributed by atoms with E-state index in [9.17, 15) is 10.1 Å². The molecule has 0 amide bonds. The Morgan fingerprint density at radius 1 is 1.33 bits per heavy atom. The molecule has 15 heavy (non-hydrogen) atoms. The van der Waals surface area contributed by atoms with Gasteiger partial charge in [0, 0.05) is 17.0 Å². The fourth-order valence-corrected chi connectivity index (χ4v) is 2.07. The fourth-order valence-electron chi connectivity index (χ4n) is 1.54. The first-order valence-corrected chi connectivity index (χ1v) is 5.48. The van der Waals surface area contributed by atoms with E-state index in [2.05, 4.69) is 0 Å². The van der Waals surface area contributed by atoms with Crippen molar-refractivity contribution in [3.63, 3.8) is 0 Å². The van der Waals surface area contributed by atoms with E-state index in [1.54, 1.807) is 6.92 Å². The smallest absolute Gasteiger partial charge is 0.258 e. The summed E-state index contributed by atoms with van der Waals surface area (Å²) in [5.74, 6) is 0.351. The monoisotopic (exact) mass is 247 g/mol. The van der Waals surface area contributed by atoms with Crippen LogP contribution in [-0.2, 0) is 11.8 Å². The van der Waals surface area contributed by atoms with Gasteiger partial charge in [0.25, 0.3) is 5.69 Å². The summed E-state index contributed by atoms with van der Waals surface area (Å²) in [4.78, 5) is 10.5. The number of nitrogens with zero attached hydrogens (tertiary/aromatic N) is 1. The molecule has 0 unspecified atom stereocenters. The maximum Gasteiger partial charge on any atom is 0.277 e. The average Bonchev–Trinajstić information content (AvgIpc) is 2.20. The maximum absolute atomic E-state index is 10.9. The van der Waals surface area contributed by atoms with Gasteiger partial charge in [-0.15, -0.1) is 23.2 Å². The summed E-state index contributed by atoms with van der Waals surface area (Å²) in [6, 6.07) is 1.85. The van der Waals surface area contributed by atoms with Crippen molar-refractivity contribution in [2.75, 3.05) is 0 Å². The highest BCUT2D eigenvalue weighted by Crippen LogP contribution is 2.31. The molecule has 0 radical (unpaired) electrons. The first-order valence-electron chi connectivity index (χ1n) is 4.41. The van der Waals surface area contributed by atoms with Crippen molar-refractivity contribution in [2.24, 2.45) is 0 Å². The molecule has 5 heteroatoms. The van der Waals surface area contributed by atoms with Crippen LogP contribution >= 0.6 is 23.2 Å². The van der Waals surface area contributed by atoms with Gasteiger partial charge in [-0.05, 0) is 25.0 Å². The SMILES string of the molecule is Cc1cc(CCl)c(CCl)c([N+](=O)[O-])c1C. The van der Waals surface area contributed by atoms with Crippen LogP contribution in [0.1, 0.15) is 22.3 Å². The van der Waals surface area contributed by atoms with Crippen molar-refractivity contribution in [3.8, 4) is 0 Å². The third-order valence-electron chi connectivity index (χ3n) is 2.47. The van der Waals surface area contributed by atoms with E-state index in [0.717, 1.165) is 11.1 Å². The fraction of sp³-hybridized carbons (Fsp3) is 0.400. The van der Waals surface area contributed by atoms with E-state index in [4.69, 9.17) is 23.2 Å². The molecule has 0 fully saturated rings. The molecule has 0 heterocycles. The zero-order chi connectivity index (χ0) is 11.6. The number of rotatable bonds is 3. The molecule has 1 rings (SSSR count).